The van der Waals surface area contributed by atoms with Crippen LogP contribution in [0.4, 0.5) is 5.95 Å². The van der Waals surface area contributed by atoms with E-state index in [1.54, 1.807) is 12.4 Å². The summed E-state index contributed by atoms with van der Waals surface area (Å²) in [6.45, 7) is 4.06. The highest BCUT2D eigenvalue weighted by molar-refractivity contribution is 6.31. The average molecular weight is 319 g/mol. The second-order valence-electron chi connectivity index (χ2n) is 5.37. The molecule has 0 spiro atoms. The van der Waals surface area contributed by atoms with E-state index in [1.165, 1.54) is 0 Å². The quantitative estimate of drug-likeness (QED) is 0.934. The lowest BCUT2D eigenvalue weighted by Crippen LogP contribution is -2.48. The Hall–Kier alpha value is -1.69. The predicted molar refractivity (Wildman–Crippen MR) is 87.1 cm³/mol. The summed E-state index contributed by atoms with van der Waals surface area (Å²) in [4.78, 5) is 13.0. The number of halogens is 1. The Morgan fingerprint density at radius 3 is 2.41 bits per heavy atom. The molecule has 0 unspecified atom stereocenters. The molecule has 116 valence electrons. The van der Waals surface area contributed by atoms with Crippen LogP contribution in [0.2, 0.25) is 5.02 Å². The smallest absolute Gasteiger partial charge is 0.225 e. The molecule has 1 fully saturated rings. The van der Waals surface area contributed by atoms with Crippen molar-refractivity contribution in [3.63, 3.8) is 0 Å². The molecule has 0 bridgehead atoms. The van der Waals surface area contributed by atoms with Gasteiger partial charge in [0.05, 0.1) is 6.10 Å². The minimum atomic E-state index is -0.562. The standard InChI is InChI=1S/C16H19ClN4O/c17-14-5-2-1-4-13(14)15(22)12-20-8-10-21(11-9-20)16-18-6-3-7-19-16/h1-7,15,22H,8-12H2/t15-/m0/s1. The summed E-state index contributed by atoms with van der Waals surface area (Å²) in [5.74, 6) is 0.772. The van der Waals surface area contributed by atoms with Crippen LogP contribution in [-0.4, -0.2) is 52.7 Å². The highest BCUT2D eigenvalue weighted by Crippen LogP contribution is 2.23. The molecule has 6 heteroatoms. The van der Waals surface area contributed by atoms with Gasteiger partial charge in [0.25, 0.3) is 0 Å². The molecule has 1 N–H and O–H groups in total. The van der Waals surface area contributed by atoms with Gasteiger partial charge in [-0.3, -0.25) is 4.90 Å². The number of β-amino-alcohol motifs (C(OH)–C–C–N with tert-alkyl or cyclic N) is 1. The van der Waals surface area contributed by atoms with Gasteiger partial charge in [-0.2, -0.15) is 0 Å². The normalized spacial score (nSPS) is 17.5. The van der Waals surface area contributed by atoms with Crippen molar-refractivity contribution in [1.29, 1.82) is 0 Å². The lowest BCUT2D eigenvalue weighted by molar-refractivity contribution is 0.109. The third-order valence-electron chi connectivity index (χ3n) is 3.90. The molecular weight excluding hydrogens is 300 g/mol. The van der Waals surface area contributed by atoms with Gasteiger partial charge in [0.15, 0.2) is 0 Å². The summed E-state index contributed by atoms with van der Waals surface area (Å²) in [5, 5.41) is 11.0. The monoisotopic (exact) mass is 318 g/mol. The number of rotatable bonds is 4. The summed E-state index contributed by atoms with van der Waals surface area (Å²) >= 11 is 6.14. The van der Waals surface area contributed by atoms with Crippen molar-refractivity contribution in [2.45, 2.75) is 6.10 Å². The predicted octanol–water partition coefficient (Wildman–Crippen LogP) is 1.99. The molecule has 1 aliphatic heterocycles. The molecule has 1 aromatic carbocycles. The maximum Gasteiger partial charge on any atom is 0.225 e. The third-order valence-corrected chi connectivity index (χ3v) is 4.25. The molecule has 1 atom stereocenters. The number of benzene rings is 1. The third kappa shape index (κ3) is 3.55. The second-order valence-corrected chi connectivity index (χ2v) is 5.78. The molecule has 1 aromatic heterocycles. The Bertz CT molecular complexity index is 602. The highest BCUT2D eigenvalue weighted by atomic mass is 35.5. The van der Waals surface area contributed by atoms with Crippen molar-refractivity contribution in [2.24, 2.45) is 0 Å². The molecule has 5 nitrogen and oxygen atoms in total. The molecule has 0 amide bonds. The first kappa shape index (κ1) is 15.2. The number of aliphatic hydroxyl groups is 1. The van der Waals surface area contributed by atoms with Crippen molar-refractivity contribution >= 4 is 17.5 Å². The van der Waals surface area contributed by atoms with Crippen molar-refractivity contribution in [1.82, 2.24) is 14.9 Å². The zero-order valence-electron chi connectivity index (χ0n) is 12.3. The van der Waals surface area contributed by atoms with Crippen molar-refractivity contribution < 1.29 is 5.11 Å². The summed E-state index contributed by atoms with van der Waals surface area (Å²) < 4.78 is 0. The SMILES string of the molecule is O[C@@H](CN1CCN(c2ncccn2)CC1)c1ccccc1Cl. The van der Waals surface area contributed by atoms with Gasteiger partial charge in [0, 0.05) is 55.7 Å². The molecule has 1 aliphatic rings. The Balaban J connectivity index is 1.55. The molecule has 1 saturated heterocycles. The minimum absolute atomic E-state index is 0.562. The van der Waals surface area contributed by atoms with Gasteiger partial charge in [0.1, 0.15) is 0 Å². The van der Waals surface area contributed by atoms with Crippen LogP contribution in [0.3, 0.4) is 0 Å². The van der Waals surface area contributed by atoms with Crippen LogP contribution < -0.4 is 4.90 Å². The number of anilines is 1. The first-order valence-electron chi connectivity index (χ1n) is 7.41. The van der Waals surface area contributed by atoms with Gasteiger partial charge in [-0.05, 0) is 12.1 Å². The maximum atomic E-state index is 10.4. The first-order valence-corrected chi connectivity index (χ1v) is 7.78. The Morgan fingerprint density at radius 2 is 1.73 bits per heavy atom. The van der Waals surface area contributed by atoms with Gasteiger partial charge < -0.3 is 10.0 Å². The lowest BCUT2D eigenvalue weighted by atomic mass is 10.1. The summed E-state index contributed by atoms with van der Waals surface area (Å²) in [6.07, 6.45) is 2.96. The topological polar surface area (TPSA) is 52.5 Å². The minimum Gasteiger partial charge on any atom is -0.387 e. The van der Waals surface area contributed by atoms with Crippen LogP contribution in [0.1, 0.15) is 11.7 Å². The van der Waals surface area contributed by atoms with Crippen molar-refractivity contribution in [2.75, 3.05) is 37.6 Å². The zero-order valence-corrected chi connectivity index (χ0v) is 13.0. The Labute approximate surface area is 135 Å². The number of aromatic nitrogens is 2. The average Bonchev–Trinajstić information content (AvgIpc) is 2.57. The number of aliphatic hydroxyl groups excluding tert-OH is 1. The van der Waals surface area contributed by atoms with Gasteiger partial charge in [0.2, 0.25) is 5.95 Å². The van der Waals surface area contributed by atoms with Gasteiger partial charge in [-0.25, -0.2) is 9.97 Å². The largest absolute Gasteiger partial charge is 0.387 e. The van der Waals surface area contributed by atoms with Crippen LogP contribution in [0, 0.1) is 0 Å². The molecule has 2 heterocycles. The van der Waals surface area contributed by atoms with Gasteiger partial charge in [-0.1, -0.05) is 29.8 Å². The fraction of sp³-hybridized carbons (Fsp3) is 0.375. The highest BCUT2D eigenvalue weighted by Gasteiger charge is 2.21. The summed E-state index contributed by atoms with van der Waals surface area (Å²) in [5.41, 5.74) is 0.790. The summed E-state index contributed by atoms with van der Waals surface area (Å²) in [6, 6.07) is 9.28. The van der Waals surface area contributed by atoms with Crippen LogP contribution in [0.5, 0.6) is 0 Å². The van der Waals surface area contributed by atoms with Crippen molar-refractivity contribution in [3.05, 3.63) is 53.3 Å². The van der Waals surface area contributed by atoms with E-state index in [9.17, 15) is 5.11 Å². The number of piperazine rings is 1. The lowest BCUT2D eigenvalue weighted by Gasteiger charge is -2.35. The van der Waals surface area contributed by atoms with Crippen LogP contribution in [0.15, 0.2) is 42.7 Å². The van der Waals surface area contributed by atoms with Crippen LogP contribution in [0.25, 0.3) is 0 Å². The molecule has 0 aliphatic carbocycles. The van der Waals surface area contributed by atoms with E-state index in [-0.39, 0.29) is 0 Å². The Morgan fingerprint density at radius 1 is 1.05 bits per heavy atom. The molecule has 2 aromatic rings. The van der Waals surface area contributed by atoms with E-state index in [2.05, 4.69) is 19.8 Å². The zero-order chi connectivity index (χ0) is 15.4. The fourth-order valence-electron chi connectivity index (χ4n) is 2.67. The van der Waals surface area contributed by atoms with E-state index in [0.29, 0.717) is 11.6 Å². The fourth-order valence-corrected chi connectivity index (χ4v) is 2.93. The van der Waals surface area contributed by atoms with E-state index in [4.69, 9.17) is 11.6 Å². The number of hydrogen-bond donors (Lipinski definition) is 1. The molecule has 0 radical (unpaired) electrons. The molecule has 0 saturated carbocycles. The summed E-state index contributed by atoms with van der Waals surface area (Å²) in [7, 11) is 0. The van der Waals surface area contributed by atoms with E-state index < -0.39 is 6.10 Å². The van der Waals surface area contributed by atoms with Crippen LogP contribution >= 0.6 is 11.6 Å². The first-order chi connectivity index (χ1) is 10.7. The molecular formula is C16H19ClN4O. The van der Waals surface area contributed by atoms with E-state index in [1.807, 2.05) is 30.3 Å². The molecule has 22 heavy (non-hydrogen) atoms. The number of hydrogen-bond acceptors (Lipinski definition) is 5. The second kappa shape index (κ2) is 7.05. The maximum absolute atomic E-state index is 10.4. The number of nitrogens with zero attached hydrogens (tertiary/aromatic N) is 4. The van der Waals surface area contributed by atoms with Gasteiger partial charge in [-0.15, -0.1) is 0 Å². The van der Waals surface area contributed by atoms with Gasteiger partial charge >= 0.3 is 0 Å². The van der Waals surface area contributed by atoms with E-state index in [0.717, 1.165) is 37.7 Å². The van der Waals surface area contributed by atoms with Crippen molar-refractivity contribution in [3.8, 4) is 0 Å². The Kier molecular flexibility index (Phi) is 4.87. The van der Waals surface area contributed by atoms with E-state index >= 15 is 0 Å². The van der Waals surface area contributed by atoms with Crippen LogP contribution in [-0.2, 0) is 0 Å². The molecule has 3 rings (SSSR count).